The number of rotatable bonds is 4. The SMILES string of the molecule is Cc1cccc(C(=O)N(Cc2ccccc2)c2nc3ccc(Cl)cc3s2)c1. The summed E-state index contributed by atoms with van der Waals surface area (Å²) in [5, 5.41) is 1.33. The molecule has 134 valence electrons. The molecule has 0 radical (unpaired) electrons. The molecule has 0 atom stereocenters. The fourth-order valence-electron chi connectivity index (χ4n) is 2.93. The first kappa shape index (κ1) is 17.7. The van der Waals surface area contributed by atoms with Gasteiger partial charge in [-0.3, -0.25) is 9.69 Å². The van der Waals surface area contributed by atoms with E-state index in [0.29, 0.717) is 22.3 Å². The van der Waals surface area contributed by atoms with Crippen LogP contribution < -0.4 is 4.90 Å². The van der Waals surface area contributed by atoms with Crippen LogP contribution in [0.15, 0.2) is 72.8 Å². The number of fused-ring (bicyclic) bond motifs is 1. The Balaban J connectivity index is 1.77. The van der Waals surface area contributed by atoms with Crippen molar-refractivity contribution in [3.05, 3.63) is 94.5 Å². The van der Waals surface area contributed by atoms with E-state index in [1.807, 2.05) is 79.7 Å². The second-order valence-corrected chi connectivity index (χ2v) is 7.80. The van der Waals surface area contributed by atoms with E-state index in [1.165, 1.54) is 11.3 Å². The van der Waals surface area contributed by atoms with Crippen LogP contribution in [-0.4, -0.2) is 10.9 Å². The molecule has 0 bridgehead atoms. The third-order valence-corrected chi connectivity index (χ3v) is 5.54. The number of carbonyl (C=O) groups is 1. The maximum absolute atomic E-state index is 13.3. The van der Waals surface area contributed by atoms with E-state index in [-0.39, 0.29) is 5.91 Å². The number of amides is 1. The number of hydrogen-bond donors (Lipinski definition) is 0. The van der Waals surface area contributed by atoms with E-state index < -0.39 is 0 Å². The monoisotopic (exact) mass is 392 g/mol. The average Bonchev–Trinajstić information content (AvgIpc) is 3.09. The molecule has 0 N–H and O–H groups in total. The summed E-state index contributed by atoms with van der Waals surface area (Å²) in [5.74, 6) is -0.0623. The molecule has 0 aliphatic carbocycles. The molecule has 0 fully saturated rings. The molecule has 3 nitrogen and oxygen atoms in total. The second-order valence-electron chi connectivity index (χ2n) is 6.35. The summed E-state index contributed by atoms with van der Waals surface area (Å²) in [6.07, 6.45) is 0. The molecule has 3 aromatic carbocycles. The molecule has 1 heterocycles. The number of benzene rings is 3. The van der Waals surface area contributed by atoms with Crippen LogP contribution in [0.3, 0.4) is 0 Å². The summed E-state index contributed by atoms with van der Waals surface area (Å²) in [6.45, 7) is 2.44. The quantitative estimate of drug-likeness (QED) is 0.420. The summed E-state index contributed by atoms with van der Waals surface area (Å²) in [6, 6.07) is 23.2. The Kier molecular flexibility index (Phi) is 4.92. The standard InChI is InChI=1S/C22H17ClN2OS/c1-15-6-5-9-17(12-15)21(26)25(14-16-7-3-2-4-8-16)22-24-19-11-10-18(23)13-20(19)27-22/h2-13H,14H2,1H3. The Hall–Kier alpha value is -2.69. The molecule has 0 aliphatic rings. The number of nitrogens with zero attached hydrogens (tertiary/aromatic N) is 2. The first-order valence-electron chi connectivity index (χ1n) is 8.59. The third kappa shape index (κ3) is 3.87. The van der Waals surface area contributed by atoms with Gasteiger partial charge in [-0.15, -0.1) is 0 Å². The number of carbonyl (C=O) groups excluding carboxylic acids is 1. The lowest BCUT2D eigenvalue weighted by Gasteiger charge is -2.20. The molecule has 0 spiro atoms. The van der Waals surface area contributed by atoms with Gasteiger partial charge < -0.3 is 0 Å². The summed E-state index contributed by atoms with van der Waals surface area (Å²) in [5.41, 5.74) is 3.60. The zero-order valence-electron chi connectivity index (χ0n) is 14.7. The summed E-state index contributed by atoms with van der Waals surface area (Å²) in [7, 11) is 0. The molecule has 5 heteroatoms. The molecule has 0 saturated carbocycles. The van der Waals surface area contributed by atoms with Gasteiger partial charge in [0.25, 0.3) is 5.91 Å². The fourth-order valence-corrected chi connectivity index (χ4v) is 4.17. The second kappa shape index (κ2) is 7.51. The van der Waals surface area contributed by atoms with Crippen molar-refractivity contribution in [1.82, 2.24) is 4.98 Å². The Labute approximate surface area is 166 Å². The predicted molar refractivity (Wildman–Crippen MR) is 113 cm³/mol. The lowest BCUT2D eigenvalue weighted by Crippen LogP contribution is -2.30. The van der Waals surface area contributed by atoms with Crippen molar-refractivity contribution >= 4 is 44.2 Å². The van der Waals surface area contributed by atoms with Crippen LogP contribution >= 0.6 is 22.9 Å². The smallest absolute Gasteiger partial charge is 0.260 e. The van der Waals surface area contributed by atoms with Gasteiger partial charge in [0, 0.05) is 10.6 Å². The minimum absolute atomic E-state index is 0.0623. The normalized spacial score (nSPS) is 10.9. The van der Waals surface area contributed by atoms with Gasteiger partial charge in [-0.05, 0) is 42.8 Å². The Morgan fingerprint density at radius 2 is 1.85 bits per heavy atom. The number of anilines is 1. The molecule has 4 rings (SSSR count). The Bertz CT molecular complexity index is 1110. The molecule has 0 unspecified atom stereocenters. The third-order valence-electron chi connectivity index (χ3n) is 4.26. The van der Waals surface area contributed by atoms with E-state index in [4.69, 9.17) is 11.6 Å². The first-order valence-corrected chi connectivity index (χ1v) is 9.78. The fraction of sp³-hybridized carbons (Fsp3) is 0.0909. The van der Waals surface area contributed by atoms with Crippen LogP contribution in [-0.2, 0) is 6.54 Å². The number of aryl methyl sites for hydroxylation is 1. The number of hydrogen-bond acceptors (Lipinski definition) is 3. The maximum atomic E-state index is 13.3. The topological polar surface area (TPSA) is 33.2 Å². The van der Waals surface area contributed by atoms with Gasteiger partial charge >= 0.3 is 0 Å². The molecule has 0 aliphatic heterocycles. The average molecular weight is 393 g/mol. The number of thiazole rings is 1. The van der Waals surface area contributed by atoms with Gasteiger partial charge in [0.2, 0.25) is 0 Å². The van der Waals surface area contributed by atoms with Crippen LogP contribution in [0.5, 0.6) is 0 Å². The highest BCUT2D eigenvalue weighted by molar-refractivity contribution is 7.22. The molecular formula is C22H17ClN2OS. The predicted octanol–water partition coefficient (Wildman–Crippen LogP) is 6.11. The van der Waals surface area contributed by atoms with Gasteiger partial charge in [0.15, 0.2) is 5.13 Å². The lowest BCUT2D eigenvalue weighted by molar-refractivity contribution is 0.0985. The van der Waals surface area contributed by atoms with Crippen molar-refractivity contribution in [2.24, 2.45) is 0 Å². The molecule has 4 aromatic rings. The van der Waals surface area contributed by atoms with Crippen molar-refractivity contribution in [3.63, 3.8) is 0 Å². The number of aromatic nitrogens is 1. The Morgan fingerprint density at radius 1 is 1.04 bits per heavy atom. The van der Waals surface area contributed by atoms with E-state index in [1.54, 1.807) is 4.90 Å². The highest BCUT2D eigenvalue weighted by atomic mass is 35.5. The summed E-state index contributed by atoms with van der Waals surface area (Å²) < 4.78 is 0.965. The van der Waals surface area contributed by atoms with Crippen molar-refractivity contribution < 1.29 is 4.79 Å². The van der Waals surface area contributed by atoms with Gasteiger partial charge in [-0.1, -0.05) is 71.0 Å². The van der Waals surface area contributed by atoms with Crippen LogP contribution in [0.1, 0.15) is 21.5 Å². The highest BCUT2D eigenvalue weighted by Crippen LogP contribution is 2.32. The molecule has 1 amide bonds. The van der Waals surface area contributed by atoms with Crippen LogP contribution in [0, 0.1) is 6.92 Å². The zero-order valence-corrected chi connectivity index (χ0v) is 16.3. The van der Waals surface area contributed by atoms with Crippen molar-refractivity contribution in [1.29, 1.82) is 0 Å². The Morgan fingerprint density at radius 3 is 2.63 bits per heavy atom. The van der Waals surface area contributed by atoms with Gasteiger partial charge in [-0.25, -0.2) is 4.98 Å². The van der Waals surface area contributed by atoms with Crippen LogP contribution in [0.25, 0.3) is 10.2 Å². The van der Waals surface area contributed by atoms with E-state index in [0.717, 1.165) is 21.3 Å². The highest BCUT2D eigenvalue weighted by Gasteiger charge is 2.22. The summed E-state index contributed by atoms with van der Waals surface area (Å²) >= 11 is 7.59. The van der Waals surface area contributed by atoms with E-state index in [9.17, 15) is 4.79 Å². The minimum atomic E-state index is -0.0623. The van der Waals surface area contributed by atoms with Crippen molar-refractivity contribution in [2.75, 3.05) is 4.90 Å². The zero-order chi connectivity index (χ0) is 18.8. The van der Waals surface area contributed by atoms with Crippen molar-refractivity contribution in [2.45, 2.75) is 13.5 Å². The van der Waals surface area contributed by atoms with Gasteiger partial charge in [0.05, 0.1) is 16.8 Å². The van der Waals surface area contributed by atoms with E-state index in [2.05, 4.69) is 4.98 Å². The first-order chi connectivity index (χ1) is 13.1. The van der Waals surface area contributed by atoms with Crippen LogP contribution in [0.4, 0.5) is 5.13 Å². The molecule has 27 heavy (non-hydrogen) atoms. The minimum Gasteiger partial charge on any atom is -0.279 e. The lowest BCUT2D eigenvalue weighted by atomic mass is 10.1. The van der Waals surface area contributed by atoms with Gasteiger partial charge in [0.1, 0.15) is 0 Å². The molecule has 1 aromatic heterocycles. The van der Waals surface area contributed by atoms with Gasteiger partial charge in [-0.2, -0.15) is 0 Å². The maximum Gasteiger partial charge on any atom is 0.260 e. The summed E-state index contributed by atoms with van der Waals surface area (Å²) in [4.78, 5) is 19.7. The number of halogens is 1. The molecular weight excluding hydrogens is 376 g/mol. The van der Waals surface area contributed by atoms with E-state index >= 15 is 0 Å². The van der Waals surface area contributed by atoms with Crippen LogP contribution in [0.2, 0.25) is 5.02 Å². The van der Waals surface area contributed by atoms with Crippen molar-refractivity contribution in [3.8, 4) is 0 Å². The molecule has 0 saturated heterocycles. The largest absolute Gasteiger partial charge is 0.279 e.